The maximum Gasteiger partial charge on any atom is 0.176 e. The van der Waals surface area contributed by atoms with E-state index in [4.69, 9.17) is 4.74 Å². The third kappa shape index (κ3) is 2.42. The second-order valence-corrected chi connectivity index (χ2v) is 3.48. The van der Waals surface area contributed by atoms with Crippen LogP contribution in [0.2, 0.25) is 0 Å². The molecule has 0 unspecified atom stereocenters. The van der Waals surface area contributed by atoms with Crippen molar-refractivity contribution >= 4 is 17.1 Å². The van der Waals surface area contributed by atoms with E-state index in [0.29, 0.717) is 17.0 Å². The molecule has 0 aliphatic rings. The summed E-state index contributed by atoms with van der Waals surface area (Å²) < 4.78 is 5.05. The van der Waals surface area contributed by atoms with Gasteiger partial charge in [0.15, 0.2) is 5.78 Å². The Kier molecular flexibility index (Phi) is 3.71. The van der Waals surface area contributed by atoms with Crippen LogP contribution in [0, 0.1) is 0 Å². The van der Waals surface area contributed by atoms with Crippen LogP contribution in [0.4, 0.5) is 0 Å². The van der Waals surface area contributed by atoms with E-state index in [1.165, 1.54) is 11.3 Å². The average molecular weight is 196 g/mol. The van der Waals surface area contributed by atoms with E-state index in [1.54, 1.807) is 13.2 Å². The van der Waals surface area contributed by atoms with E-state index < -0.39 is 0 Å². The van der Waals surface area contributed by atoms with Crippen LogP contribution in [-0.4, -0.2) is 12.9 Å². The van der Waals surface area contributed by atoms with Crippen LogP contribution in [0.15, 0.2) is 24.1 Å². The zero-order chi connectivity index (χ0) is 9.68. The summed E-state index contributed by atoms with van der Waals surface area (Å²) in [5, 5.41) is 1.86. The van der Waals surface area contributed by atoms with Gasteiger partial charge in [-0.2, -0.15) is 0 Å². The lowest BCUT2D eigenvalue weighted by atomic mass is 10.2. The number of methoxy groups -OCH3 is 1. The number of carbonyl (C=O) groups excluding carboxylic acids is 1. The van der Waals surface area contributed by atoms with E-state index >= 15 is 0 Å². The fourth-order valence-corrected chi connectivity index (χ4v) is 1.84. The fourth-order valence-electron chi connectivity index (χ4n) is 1.01. The van der Waals surface area contributed by atoms with Crippen molar-refractivity contribution < 1.29 is 9.53 Å². The minimum absolute atomic E-state index is 0.131. The van der Waals surface area contributed by atoms with Crippen molar-refractivity contribution in [2.24, 2.45) is 0 Å². The summed E-state index contributed by atoms with van der Waals surface area (Å²) in [4.78, 5) is 12.2. The van der Waals surface area contributed by atoms with Crippen LogP contribution < -0.4 is 4.74 Å². The third-order valence-corrected chi connectivity index (χ3v) is 2.61. The molecule has 0 aliphatic heterocycles. The molecule has 0 amide bonds. The highest BCUT2D eigenvalue weighted by atomic mass is 32.1. The van der Waals surface area contributed by atoms with Gasteiger partial charge < -0.3 is 4.74 Å². The summed E-state index contributed by atoms with van der Waals surface area (Å²) in [5.41, 5.74) is 0. The molecule has 0 atom stereocenters. The van der Waals surface area contributed by atoms with Gasteiger partial charge in [0.05, 0.1) is 7.11 Å². The standard InChI is InChI=1S/C10H12O2S/c1-3-4-5-8(11)10-9(12-2)6-7-13-10/h3,6-7H,1,4-5H2,2H3. The molecule has 0 fully saturated rings. The number of hydrogen-bond donors (Lipinski definition) is 0. The molecule has 3 heteroatoms. The van der Waals surface area contributed by atoms with E-state index in [-0.39, 0.29) is 5.78 Å². The molecule has 13 heavy (non-hydrogen) atoms. The molecule has 0 N–H and O–H groups in total. The molecule has 1 aromatic heterocycles. The zero-order valence-electron chi connectivity index (χ0n) is 7.58. The predicted octanol–water partition coefficient (Wildman–Crippen LogP) is 2.91. The van der Waals surface area contributed by atoms with E-state index in [9.17, 15) is 4.79 Å². The fraction of sp³-hybridized carbons (Fsp3) is 0.300. The first-order chi connectivity index (χ1) is 6.29. The topological polar surface area (TPSA) is 26.3 Å². The Hall–Kier alpha value is -1.09. The number of hydrogen-bond acceptors (Lipinski definition) is 3. The van der Waals surface area contributed by atoms with Crippen molar-refractivity contribution in [3.05, 3.63) is 29.0 Å². The maximum atomic E-state index is 11.5. The van der Waals surface area contributed by atoms with Gasteiger partial charge in [-0.3, -0.25) is 4.79 Å². The molecule has 1 rings (SSSR count). The van der Waals surface area contributed by atoms with Gasteiger partial charge in [0, 0.05) is 6.42 Å². The number of ketones is 1. The first-order valence-electron chi connectivity index (χ1n) is 4.05. The number of Topliss-reactive ketones (excluding diaryl/α,β-unsaturated/α-hetero) is 1. The van der Waals surface area contributed by atoms with Crippen molar-refractivity contribution in [2.45, 2.75) is 12.8 Å². The highest BCUT2D eigenvalue weighted by Gasteiger charge is 2.12. The Labute approximate surface area is 81.8 Å². The van der Waals surface area contributed by atoms with Crippen LogP contribution in [-0.2, 0) is 0 Å². The molecule has 1 aromatic rings. The lowest BCUT2D eigenvalue weighted by Gasteiger charge is -1.99. The molecule has 2 nitrogen and oxygen atoms in total. The normalized spacial score (nSPS) is 9.62. The Balaban J connectivity index is 2.70. The van der Waals surface area contributed by atoms with Crippen molar-refractivity contribution in [3.63, 3.8) is 0 Å². The lowest BCUT2D eigenvalue weighted by molar-refractivity contribution is 0.0985. The van der Waals surface area contributed by atoms with E-state index in [0.717, 1.165) is 6.42 Å². The molecule has 0 saturated carbocycles. The van der Waals surface area contributed by atoms with Crippen molar-refractivity contribution in [3.8, 4) is 5.75 Å². The first-order valence-corrected chi connectivity index (χ1v) is 4.93. The highest BCUT2D eigenvalue weighted by molar-refractivity contribution is 7.12. The molecule has 1 heterocycles. The molecule has 70 valence electrons. The predicted molar refractivity (Wildman–Crippen MR) is 54.6 cm³/mol. The minimum Gasteiger partial charge on any atom is -0.495 e. The number of allylic oxidation sites excluding steroid dienone is 1. The summed E-state index contributed by atoms with van der Waals surface area (Å²) in [6.45, 7) is 3.58. The van der Waals surface area contributed by atoms with Gasteiger partial charge in [0.1, 0.15) is 10.6 Å². The molecular formula is C10H12O2S. The van der Waals surface area contributed by atoms with E-state index in [2.05, 4.69) is 6.58 Å². The molecule has 0 bridgehead atoms. The molecule has 0 spiro atoms. The Morgan fingerprint density at radius 1 is 1.77 bits per heavy atom. The van der Waals surface area contributed by atoms with E-state index in [1.807, 2.05) is 11.4 Å². The molecular weight excluding hydrogens is 184 g/mol. The summed E-state index contributed by atoms with van der Waals surface area (Å²) in [7, 11) is 1.58. The summed E-state index contributed by atoms with van der Waals surface area (Å²) in [6.07, 6.45) is 2.98. The van der Waals surface area contributed by atoms with Crippen molar-refractivity contribution in [1.82, 2.24) is 0 Å². The van der Waals surface area contributed by atoms with Crippen LogP contribution in [0.5, 0.6) is 5.75 Å². The van der Waals surface area contributed by atoms with Gasteiger partial charge in [0.2, 0.25) is 0 Å². The van der Waals surface area contributed by atoms with Crippen LogP contribution in [0.1, 0.15) is 22.5 Å². The largest absolute Gasteiger partial charge is 0.495 e. The second kappa shape index (κ2) is 4.82. The van der Waals surface area contributed by atoms with Crippen LogP contribution in [0.3, 0.4) is 0 Å². The van der Waals surface area contributed by atoms with Gasteiger partial charge >= 0.3 is 0 Å². The van der Waals surface area contributed by atoms with Gasteiger partial charge in [-0.05, 0) is 17.9 Å². The van der Waals surface area contributed by atoms with Crippen LogP contribution in [0.25, 0.3) is 0 Å². The number of carbonyl (C=O) groups is 1. The Morgan fingerprint density at radius 2 is 2.54 bits per heavy atom. The van der Waals surface area contributed by atoms with Crippen molar-refractivity contribution in [2.75, 3.05) is 7.11 Å². The molecule has 0 aliphatic carbocycles. The van der Waals surface area contributed by atoms with Crippen molar-refractivity contribution in [1.29, 1.82) is 0 Å². The second-order valence-electron chi connectivity index (χ2n) is 2.57. The van der Waals surface area contributed by atoms with Gasteiger partial charge in [-0.25, -0.2) is 0 Å². The molecule has 0 saturated heterocycles. The summed E-state index contributed by atoms with van der Waals surface area (Å²) >= 11 is 1.42. The number of thiophene rings is 1. The third-order valence-electron chi connectivity index (χ3n) is 1.68. The monoisotopic (exact) mass is 196 g/mol. The Bertz CT molecular complexity index is 302. The van der Waals surface area contributed by atoms with Gasteiger partial charge in [-0.1, -0.05) is 6.08 Å². The molecule has 0 radical (unpaired) electrons. The van der Waals surface area contributed by atoms with Crippen LogP contribution >= 0.6 is 11.3 Å². The quantitative estimate of drug-likeness (QED) is 0.534. The maximum absolute atomic E-state index is 11.5. The number of ether oxygens (including phenoxy) is 1. The highest BCUT2D eigenvalue weighted by Crippen LogP contribution is 2.25. The lowest BCUT2D eigenvalue weighted by Crippen LogP contribution is -1.97. The minimum atomic E-state index is 0.131. The summed E-state index contributed by atoms with van der Waals surface area (Å²) in [5.74, 6) is 0.811. The molecule has 0 aromatic carbocycles. The smallest absolute Gasteiger partial charge is 0.176 e. The average Bonchev–Trinajstić information content (AvgIpc) is 2.61. The SMILES string of the molecule is C=CCCC(=O)c1sccc1OC. The zero-order valence-corrected chi connectivity index (χ0v) is 8.39. The first kappa shape index (κ1) is 9.99. The number of rotatable bonds is 5. The van der Waals surface area contributed by atoms with Gasteiger partial charge in [0.25, 0.3) is 0 Å². The van der Waals surface area contributed by atoms with Gasteiger partial charge in [-0.15, -0.1) is 17.9 Å². The Morgan fingerprint density at radius 3 is 3.15 bits per heavy atom. The summed E-state index contributed by atoms with van der Waals surface area (Å²) in [6, 6.07) is 1.81.